The number of hydrogen-bond acceptors (Lipinski definition) is 4. The molecule has 0 aliphatic carbocycles. The Balaban J connectivity index is 2.48. The molecule has 112 valence electrons. The molecule has 1 aromatic rings. The van der Waals surface area contributed by atoms with Gasteiger partial charge in [-0.2, -0.15) is 0 Å². The van der Waals surface area contributed by atoms with Crippen LogP contribution in [0.5, 0.6) is 0 Å². The van der Waals surface area contributed by atoms with Gasteiger partial charge < -0.3 is 9.80 Å². The van der Waals surface area contributed by atoms with Crippen molar-refractivity contribution < 1.29 is 9.59 Å². The molecule has 21 heavy (non-hydrogen) atoms. The molecule has 0 radical (unpaired) electrons. The van der Waals surface area contributed by atoms with Gasteiger partial charge in [0.25, 0.3) is 0 Å². The smallest absolute Gasteiger partial charge is 0.324 e. The lowest BCUT2D eigenvalue weighted by Crippen LogP contribution is -2.43. The molecular formula is C15H20N4O2. The van der Waals surface area contributed by atoms with E-state index in [1.54, 1.807) is 36.2 Å². The highest BCUT2D eigenvalue weighted by Crippen LogP contribution is 2.27. The first-order chi connectivity index (χ1) is 9.81. The summed E-state index contributed by atoms with van der Waals surface area (Å²) in [5.74, 6) is -0.0373. The number of nitrogens with zero attached hydrogens (tertiary/aromatic N) is 4. The van der Waals surface area contributed by atoms with Crippen molar-refractivity contribution in [1.82, 2.24) is 14.8 Å². The van der Waals surface area contributed by atoms with Crippen LogP contribution in [0.1, 0.15) is 18.3 Å². The number of amides is 2. The summed E-state index contributed by atoms with van der Waals surface area (Å²) in [6, 6.07) is 3.56. The van der Waals surface area contributed by atoms with E-state index in [2.05, 4.69) is 4.98 Å². The highest BCUT2D eigenvalue weighted by atomic mass is 16.2. The minimum Gasteiger partial charge on any atom is -0.383 e. The zero-order valence-corrected chi connectivity index (χ0v) is 13.0. The molecule has 0 aromatic carbocycles. The van der Waals surface area contributed by atoms with Crippen molar-refractivity contribution in [2.75, 3.05) is 33.1 Å². The average Bonchev–Trinajstić information content (AvgIpc) is 2.41. The minimum absolute atomic E-state index is 0.0373. The summed E-state index contributed by atoms with van der Waals surface area (Å²) in [4.78, 5) is 33.3. The second kappa shape index (κ2) is 5.55. The van der Waals surface area contributed by atoms with Crippen molar-refractivity contribution in [1.29, 1.82) is 0 Å². The topological polar surface area (TPSA) is 56.8 Å². The fourth-order valence-electron chi connectivity index (χ4n) is 2.31. The number of allylic oxidation sites excluding steroid dienone is 1. The van der Waals surface area contributed by atoms with Crippen LogP contribution in [-0.4, -0.2) is 54.8 Å². The van der Waals surface area contributed by atoms with Gasteiger partial charge in [0, 0.05) is 34.4 Å². The van der Waals surface area contributed by atoms with Crippen LogP contribution in [0.25, 0.3) is 5.57 Å². The van der Waals surface area contributed by atoms with E-state index < -0.39 is 0 Å². The summed E-state index contributed by atoms with van der Waals surface area (Å²) < 4.78 is 0. The van der Waals surface area contributed by atoms with Crippen LogP contribution in [0.3, 0.4) is 0 Å². The van der Waals surface area contributed by atoms with Gasteiger partial charge in [-0.1, -0.05) is 0 Å². The standard InChI is InChI=1S/C15H20N4O2/c1-10(20)11(8-17(2)3)12-6-7-14-13(16-12)9-18(4)15(21)19(14)5/h6-8H,9H2,1-5H3. The van der Waals surface area contributed by atoms with Crippen molar-refractivity contribution in [2.24, 2.45) is 0 Å². The van der Waals surface area contributed by atoms with E-state index in [1.807, 2.05) is 25.1 Å². The second-order valence-electron chi connectivity index (χ2n) is 5.42. The molecule has 0 atom stereocenters. The highest BCUT2D eigenvalue weighted by Gasteiger charge is 2.26. The number of urea groups is 1. The third-order valence-electron chi connectivity index (χ3n) is 3.35. The maximum atomic E-state index is 11.9. The summed E-state index contributed by atoms with van der Waals surface area (Å²) in [5, 5.41) is 0. The lowest BCUT2D eigenvalue weighted by Gasteiger charge is -2.32. The first-order valence-corrected chi connectivity index (χ1v) is 6.69. The van der Waals surface area contributed by atoms with Crippen molar-refractivity contribution >= 4 is 23.1 Å². The Labute approximate surface area is 124 Å². The number of hydrogen-bond donors (Lipinski definition) is 0. The Hall–Kier alpha value is -2.37. The zero-order chi connectivity index (χ0) is 15.7. The van der Waals surface area contributed by atoms with Gasteiger partial charge in [-0.15, -0.1) is 0 Å². The number of aromatic nitrogens is 1. The predicted molar refractivity (Wildman–Crippen MR) is 81.8 cm³/mol. The number of carbonyl (C=O) groups is 2. The van der Waals surface area contributed by atoms with Crippen LogP contribution < -0.4 is 4.90 Å². The highest BCUT2D eigenvalue weighted by molar-refractivity contribution is 6.18. The van der Waals surface area contributed by atoms with Crippen LogP contribution in [-0.2, 0) is 11.3 Å². The first kappa shape index (κ1) is 15.0. The Bertz CT molecular complexity index is 622. The Morgan fingerprint density at radius 3 is 2.57 bits per heavy atom. The quantitative estimate of drug-likeness (QED) is 0.792. The molecule has 0 fully saturated rings. The lowest BCUT2D eigenvalue weighted by molar-refractivity contribution is -0.111. The average molecular weight is 288 g/mol. The molecule has 1 aromatic heterocycles. The van der Waals surface area contributed by atoms with E-state index in [-0.39, 0.29) is 11.8 Å². The third kappa shape index (κ3) is 2.89. The summed E-state index contributed by atoms with van der Waals surface area (Å²) >= 11 is 0. The maximum Gasteiger partial charge on any atom is 0.324 e. The van der Waals surface area contributed by atoms with Gasteiger partial charge in [0.15, 0.2) is 5.78 Å². The molecule has 1 aliphatic rings. The SMILES string of the molecule is CC(=O)C(=CN(C)C)c1ccc2c(n1)CN(C)C(=O)N2C. The van der Waals surface area contributed by atoms with Gasteiger partial charge in [0.2, 0.25) is 0 Å². The normalized spacial score (nSPS) is 15.1. The van der Waals surface area contributed by atoms with E-state index in [9.17, 15) is 9.59 Å². The maximum absolute atomic E-state index is 11.9. The van der Waals surface area contributed by atoms with Gasteiger partial charge in [0.1, 0.15) is 0 Å². The molecule has 2 amide bonds. The molecule has 0 N–H and O–H groups in total. The van der Waals surface area contributed by atoms with Crippen molar-refractivity contribution in [3.63, 3.8) is 0 Å². The predicted octanol–water partition coefficient (Wildman–Crippen LogP) is 1.57. The number of fused-ring (bicyclic) bond motifs is 1. The molecule has 2 rings (SSSR count). The van der Waals surface area contributed by atoms with Crippen molar-refractivity contribution in [3.05, 3.63) is 29.7 Å². The molecule has 0 saturated heterocycles. The molecule has 2 heterocycles. The van der Waals surface area contributed by atoms with E-state index in [1.165, 1.54) is 6.92 Å². The van der Waals surface area contributed by atoms with Crippen molar-refractivity contribution in [3.8, 4) is 0 Å². The van der Waals surface area contributed by atoms with Crippen LogP contribution in [0, 0.1) is 0 Å². The van der Waals surface area contributed by atoms with Gasteiger partial charge in [-0.25, -0.2) is 9.78 Å². The van der Waals surface area contributed by atoms with Crippen LogP contribution in [0.15, 0.2) is 18.3 Å². The number of Topliss-reactive ketones (excluding diaryl/α,β-unsaturated/α-hetero) is 1. The second-order valence-corrected chi connectivity index (χ2v) is 5.42. The molecule has 0 bridgehead atoms. The number of anilines is 1. The van der Waals surface area contributed by atoms with Crippen LogP contribution >= 0.6 is 0 Å². The number of carbonyl (C=O) groups excluding carboxylic acids is 2. The molecule has 1 aliphatic heterocycles. The lowest BCUT2D eigenvalue weighted by atomic mass is 10.1. The Morgan fingerprint density at radius 1 is 1.33 bits per heavy atom. The fourth-order valence-corrected chi connectivity index (χ4v) is 2.31. The number of ketones is 1. The summed E-state index contributed by atoms with van der Waals surface area (Å²) in [6.45, 7) is 1.97. The van der Waals surface area contributed by atoms with E-state index >= 15 is 0 Å². The largest absolute Gasteiger partial charge is 0.383 e. The van der Waals surface area contributed by atoms with Gasteiger partial charge in [-0.05, 0) is 19.1 Å². The minimum atomic E-state index is -0.0623. The van der Waals surface area contributed by atoms with E-state index in [0.29, 0.717) is 17.8 Å². The van der Waals surface area contributed by atoms with Gasteiger partial charge in [0.05, 0.1) is 29.2 Å². The fraction of sp³-hybridized carbons (Fsp3) is 0.400. The molecule has 0 unspecified atom stereocenters. The summed E-state index contributed by atoms with van der Waals surface area (Å²) in [7, 11) is 7.18. The van der Waals surface area contributed by atoms with Gasteiger partial charge in [-0.3, -0.25) is 9.69 Å². The number of rotatable bonds is 3. The van der Waals surface area contributed by atoms with Crippen molar-refractivity contribution in [2.45, 2.75) is 13.5 Å². The molecule has 6 nitrogen and oxygen atoms in total. The monoisotopic (exact) mass is 288 g/mol. The number of pyridine rings is 1. The Kier molecular flexibility index (Phi) is 3.97. The molecule has 0 saturated carbocycles. The summed E-state index contributed by atoms with van der Waals surface area (Å²) in [6.07, 6.45) is 1.76. The zero-order valence-electron chi connectivity index (χ0n) is 13.0. The Morgan fingerprint density at radius 2 is 2.00 bits per heavy atom. The van der Waals surface area contributed by atoms with Crippen LogP contribution in [0.2, 0.25) is 0 Å². The first-order valence-electron chi connectivity index (χ1n) is 6.69. The van der Waals surface area contributed by atoms with E-state index in [4.69, 9.17) is 0 Å². The van der Waals surface area contributed by atoms with Gasteiger partial charge >= 0.3 is 6.03 Å². The molecule has 6 heteroatoms. The van der Waals surface area contributed by atoms with E-state index in [0.717, 1.165) is 11.4 Å². The molecular weight excluding hydrogens is 268 g/mol. The summed E-state index contributed by atoms with van der Waals surface area (Å²) in [5.41, 5.74) is 2.77. The van der Waals surface area contributed by atoms with Crippen LogP contribution in [0.4, 0.5) is 10.5 Å². The third-order valence-corrected chi connectivity index (χ3v) is 3.35. The molecule has 0 spiro atoms.